The Balaban J connectivity index is 1.47. The van der Waals surface area contributed by atoms with Gasteiger partial charge in [-0.3, -0.25) is 10.1 Å². The lowest BCUT2D eigenvalue weighted by Crippen LogP contribution is -2.15. The largest absolute Gasteiger partial charge is 0.489 e. The van der Waals surface area contributed by atoms with Crippen molar-refractivity contribution in [2.75, 3.05) is 5.32 Å². The minimum absolute atomic E-state index is 0.148. The minimum atomic E-state index is -0.148. The Kier molecular flexibility index (Phi) is 5.86. The number of aromatic nitrogens is 2. The zero-order valence-electron chi connectivity index (χ0n) is 17.4. The van der Waals surface area contributed by atoms with Gasteiger partial charge in [-0.05, 0) is 61.0 Å². The predicted molar refractivity (Wildman–Crippen MR) is 123 cm³/mol. The molecule has 5 nitrogen and oxygen atoms in total. The molecule has 2 heterocycles. The van der Waals surface area contributed by atoms with E-state index in [-0.39, 0.29) is 5.91 Å². The number of carbonyl (C=O) groups is 1. The molecule has 0 aliphatic carbocycles. The van der Waals surface area contributed by atoms with Crippen LogP contribution in [0.4, 0.5) is 5.95 Å². The number of nitrogens with zero attached hydrogens (tertiary/aromatic N) is 2. The first-order valence-electron chi connectivity index (χ1n) is 10.1. The van der Waals surface area contributed by atoms with Crippen molar-refractivity contribution >= 4 is 34.2 Å². The fourth-order valence-corrected chi connectivity index (χ4v) is 4.17. The fraction of sp³-hybridized carbons (Fsp3) is 0.250. The fourth-order valence-electron chi connectivity index (χ4n) is 3.38. The Bertz CT molecular complexity index is 1190. The minimum Gasteiger partial charge on any atom is -0.489 e. The molecule has 30 heavy (non-hydrogen) atoms. The number of hydrogen-bond donors (Lipinski definition) is 1. The number of para-hydroxylation sites is 2. The lowest BCUT2D eigenvalue weighted by Gasteiger charge is -2.09. The number of aryl methyl sites for hydroxylation is 3. The van der Waals surface area contributed by atoms with E-state index in [0.717, 1.165) is 46.4 Å². The van der Waals surface area contributed by atoms with Gasteiger partial charge in [0.25, 0.3) is 5.91 Å². The summed E-state index contributed by atoms with van der Waals surface area (Å²) in [5.74, 6) is 1.32. The molecular weight excluding hydrogens is 394 g/mol. The van der Waals surface area contributed by atoms with Crippen LogP contribution >= 0.6 is 11.3 Å². The third kappa shape index (κ3) is 4.24. The second-order valence-corrected chi connectivity index (χ2v) is 8.32. The number of benzene rings is 2. The van der Waals surface area contributed by atoms with Gasteiger partial charge in [0, 0.05) is 12.1 Å². The van der Waals surface area contributed by atoms with Gasteiger partial charge in [-0.15, -0.1) is 11.3 Å². The normalized spacial score (nSPS) is 11.0. The lowest BCUT2D eigenvalue weighted by atomic mass is 10.1. The van der Waals surface area contributed by atoms with Gasteiger partial charge in [-0.2, -0.15) is 0 Å². The van der Waals surface area contributed by atoms with Crippen molar-refractivity contribution in [3.8, 4) is 5.75 Å². The van der Waals surface area contributed by atoms with Crippen LogP contribution < -0.4 is 10.1 Å². The predicted octanol–water partition coefficient (Wildman–Crippen LogP) is 5.96. The zero-order chi connectivity index (χ0) is 21.1. The summed E-state index contributed by atoms with van der Waals surface area (Å²) in [6.07, 6.45) is 0.960. The number of carbonyl (C=O) groups excluding carboxylic acids is 1. The summed E-state index contributed by atoms with van der Waals surface area (Å²) in [6, 6.07) is 16.0. The molecule has 0 atom stereocenters. The SMILES string of the molecule is CCCn1c(NC(=O)c2cc(COc3cc(C)ccc3C)cs2)nc2ccccc21. The average molecular weight is 420 g/mol. The van der Waals surface area contributed by atoms with Crippen molar-refractivity contribution in [3.63, 3.8) is 0 Å². The Morgan fingerprint density at radius 2 is 2.00 bits per heavy atom. The Labute approximate surface area is 180 Å². The first-order chi connectivity index (χ1) is 14.5. The Morgan fingerprint density at radius 1 is 1.17 bits per heavy atom. The average Bonchev–Trinajstić information content (AvgIpc) is 3.34. The van der Waals surface area contributed by atoms with Crippen LogP contribution in [0.2, 0.25) is 0 Å². The van der Waals surface area contributed by atoms with Gasteiger partial charge in [0.2, 0.25) is 5.95 Å². The number of anilines is 1. The summed E-state index contributed by atoms with van der Waals surface area (Å²) in [6.45, 7) is 7.43. The molecule has 0 aliphatic rings. The highest BCUT2D eigenvalue weighted by molar-refractivity contribution is 7.12. The molecule has 2 aromatic carbocycles. The van der Waals surface area contributed by atoms with E-state index in [2.05, 4.69) is 33.9 Å². The van der Waals surface area contributed by atoms with E-state index in [0.29, 0.717) is 17.4 Å². The topological polar surface area (TPSA) is 56.2 Å². The quantitative estimate of drug-likeness (QED) is 0.402. The maximum absolute atomic E-state index is 12.8. The standard InChI is InChI=1S/C24H25N3O2S/c1-4-11-27-20-8-6-5-7-19(20)25-24(27)26-23(28)22-13-18(15-30-22)14-29-21-12-16(2)9-10-17(21)3/h5-10,12-13,15H,4,11,14H2,1-3H3,(H,25,26,28). The molecule has 0 radical (unpaired) electrons. The number of thiophene rings is 1. The Hall–Kier alpha value is -3.12. The monoisotopic (exact) mass is 419 g/mol. The smallest absolute Gasteiger partial charge is 0.268 e. The summed E-state index contributed by atoms with van der Waals surface area (Å²) in [5, 5.41) is 4.95. The van der Waals surface area contributed by atoms with Crippen LogP contribution in [0.3, 0.4) is 0 Å². The molecule has 0 aliphatic heterocycles. The molecule has 0 unspecified atom stereocenters. The van der Waals surface area contributed by atoms with Crippen LogP contribution in [0.25, 0.3) is 11.0 Å². The highest BCUT2D eigenvalue weighted by Gasteiger charge is 2.15. The second kappa shape index (κ2) is 8.71. The van der Waals surface area contributed by atoms with Crippen molar-refractivity contribution in [1.29, 1.82) is 0 Å². The van der Waals surface area contributed by atoms with E-state index in [1.807, 2.05) is 55.6 Å². The van der Waals surface area contributed by atoms with Gasteiger partial charge >= 0.3 is 0 Å². The van der Waals surface area contributed by atoms with Crippen LogP contribution in [0, 0.1) is 13.8 Å². The molecule has 0 fully saturated rings. The van der Waals surface area contributed by atoms with Crippen molar-refractivity contribution in [1.82, 2.24) is 9.55 Å². The number of fused-ring (bicyclic) bond motifs is 1. The summed E-state index contributed by atoms with van der Waals surface area (Å²) in [4.78, 5) is 18.1. The van der Waals surface area contributed by atoms with Crippen LogP contribution in [0.15, 0.2) is 53.9 Å². The molecule has 0 spiro atoms. The molecule has 4 rings (SSSR count). The number of imidazole rings is 1. The molecule has 1 amide bonds. The van der Waals surface area contributed by atoms with E-state index in [4.69, 9.17) is 4.74 Å². The summed E-state index contributed by atoms with van der Waals surface area (Å²) >= 11 is 1.42. The van der Waals surface area contributed by atoms with Crippen molar-refractivity contribution in [3.05, 3.63) is 75.5 Å². The van der Waals surface area contributed by atoms with Gasteiger partial charge in [0.15, 0.2) is 0 Å². The second-order valence-electron chi connectivity index (χ2n) is 7.41. The van der Waals surface area contributed by atoms with E-state index < -0.39 is 0 Å². The van der Waals surface area contributed by atoms with Gasteiger partial charge in [-0.1, -0.05) is 31.2 Å². The van der Waals surface area contributed by atoms with Gasteiger partial charge in [0.05, 0.1) is 15.9 Å². The number of amides is 1. The van der Waals surface area contributed by atoms with Crippen molar-refractivity contribution < 1.29 is 9.53 Å². The molecule has 1 N–H and O–H groups in total. The Morgan fingerprint density at radius 3 is 2.83 bits per heavy atom. The molecule has 0 bridgehead atoms. The molecule has 0 saturated heterocycles. The van der Waals surface area contributed by atoms with E-state index >= 15 is 0 Å². The summed E-state index contributed by atoms with van der Waals surface area (Å²) < 4.78 is 8.03. The lowest BCUT2D eigenvalue weighted by molar-refractivity contribution is 0.102. The third-order valence-electron chi connectivity index (χ3n) is 4.94. The highest BCUT2D eigenvalue weighted by Crippen LogP contribution is 2.24. The zero-order valence-corrected chi connectivity index (χ0v) is 18.3. The van der Waals surface area contributed by atoms with E-state index in [1.54, 1.807) is 0 Å². The summed E-state index contributed by atoms with van der Waals surface area (Å²) in [7, 11) is 0. The maximum atomic E-state index is 12.8. The van der Waals surface area contributed by atoms with E-state index in [9.17, 15) is 4.79 Å². The van der Waals surface area contributed by atoms with Crippen molar-refractivity contribution in [2.45, 2.75) is 40.3 Å². The molecule has 6 heteroatoms. The van der Waals surface area contributed by atoms with Crippen LogP contribution in [0.1, 0.15) is 39.7 Å². The first-order valence-corrected chi connectivity index (χ1v) is 11.0. The van der Waals surface area contributed by atoms with E-state index in [1.165, 1.54) is 11.3 Å². The van der Waals surface area contributed by atoms with Gasteiger partial charge in [0.1, 0.15) is 12.4 Å². The molecule has 0 saturated carbocycles. The van der Waals surface area contributed by atoms with Crippen LogP contribution in [-0.4, -0.2) is 15.5 Å². The highest BCUT2D eigenvalue weighted by atomic mass is 32.1. The summed E-state index contributed by atoms with van der Waals surface area (Å²) in [5.41, 5.74) is 5.16. The van der Waals surface area contributed by atoms with Crippen LogP contribution in [0.5, 0.6) is 5.75 Å². The van der Waals surface area contributed by atoms with Crippen LogP contribution in [-0.2, 0) is 13.2 Å². The molecule has 154 valence electrons. The number of hydrogen-bond acceptors (Lipinski definition) is 4. The number of ether oxygens (including phenoxy) is 1. The van der Waals surface area contributed by atoms with Crippen molar-refractivity contribution in [2.24, 2.45) is 0 Å². The number of nitrogens with one attached hydrogen (secondary N) is 1. The number of rotatable bonds is 7. The molecule has 2 aromatic heterocycles. The van der Waals surface area contributed by atoms with Gasteiger partial charge < -0.3 is 9.30 Å². The molecule has 4 aromatic rings. The third-order valence-corrected chi connectivity index (χ3v) is 5.92. The maximum Gasteiger partial charge on any atom is 0.268 e. The molecular formula is C24H25N3O2S. The first kappa shape index (κ1) is 20.2. The van der Waals surface area contributed by atoms with Gasteiger partial charge in [-0.25, -0.2) is 4.98 Å².